The molecule has 1 aliphatic rings. The highest BCUT2D eigenvalue weighted by Gasteiger charge is 2.30. The van der Waals surface area contributed by atoms with Crippen molar-refractivity contribution in [1.29, 1.82) is 0 Å². The topological polar surface area (TPSA) is 61.4 Å². The van der Waals surface area contributed by atoms with Gasteiger partial charge >= 0.3 is 0 Å². The van der Waals surface area contributed by atoms with E-state index in [1.54, 1.807) is 0 Å². The van der Waals surface area contributed by atoms with E-state index < -0.39 is 6.04 Å². The molecule has 0 aliphatic carbocycles. The second kappa shape index (κ2) is 7.07. The molecule has 2 N–H and O–H groups in total. The SMILES string of the molecule is O=C1CN(C(C(=O)Nc2ccccc2)c2ccccc2)CCN1. The van der Waals surface area contributed by atoms with Gasteiger partial charge in [-0.1, -0.05) is 48.5 Å². The molecule has 1 saturated heterocycles. The number of nitrogens with zero attached hydrogens (tertiary/aromatic N) is 1. The Kier molecular flexibility index (Phi) is 4.68. The van der Waals surface area contributed by atoms with Crippen LogP contribution >= 0.6 is 0 Å². The largest absolute Gasteiger partial charge is 0.354 e. The van der Waals surface area contributed by atoms with Gasteiger partial charge in [-0.3, -0.25) is 14.5 Å². The van der Waals surface area contributed by atoms with Gasteiger partial charge in [0.05, 0.1) is 6.54 Å². The summed E-state index contributed by atoms with van der Waals surface area (Å²) in [4.78, 5) is 26.4. The molecule has 5 heteroatoms. The number of nitrogens with one attached hydrogen (secondary N) is 2. The van der Waals surface area contributed by atoms with Crippen molar-refractivity contribution < 1.29 is 9.59 Å². The minimum atomic E-state index is -0.484. The van der Waals surface area contributed by atoms with Crippen LogP contribution in [0, 0.1) is 0 Å². The fraction of sp³-hybridized carbons (Fsp3) is 0.222. The van der Waals surface area contributed by atoms with Crippen LogP contribution < -0.4 is 10.6 Å². The Morgan fingerprint density at radius 3 is 2.35 bits per heavy atom. The van der Waals surface area contributed by atoms with E-state index in [2.05, 4.69) is 10.6 Å². The van der Waals surface area contributed by atoms with E-state index in [1.165, 1.54) is 0 Å². The molecule has 3 rings (SSSR count). The van der Waals surface area contributed by atoms with Crippen molar-refractivity contribution >= 4 is 17.5 Å². The zero-order valence-electron chi connectivity index (χ0n) is 12.7. The molecule has 0 radical (unpaired) electrons. The van der Waals surface area contributed by atoms with Crippen LogP contribution in [0.25, 0.3) is 0 Å². The summed E-state index contributed by atoms with van der Waals surface area (Å²) in [5.41, 5.74) is 1.63. The summed E-state index contributed by atoms with van der Waals surface area (Å²) in [5.74, 6) is -0.179. The zero-order chi connectivity index (χ0) is 16.1. The average Bonchev–Trinajstić information content (AvgIpc) is 2.57. The van der Waals surface area contributed by atoms with E-state index in [1.807, 2.05) is 65.6 Å². The third-order valence-corrected chi connectivity index (χ3v) is 3.84. The smallest absolute Gasteiger partial charge is 0.246 e. The molecule has 1 fully saturated rings. The van der Waals surface area contributed by atoms with Crippen molar-refractivity contribution in [2.75, 3.05) is 25.0 Å². The highest BCUT2D eigenvalue weighted by molar-refractivity contribution is 5.96. The molecular formula is C18H19N3O2. The molecule has 5 nitrogen and oxygen atoms in total. The first-order valence-corrected chi connectivity index (χ1v) is 7.65. The molecule has 0 aromatic heterocycles. The first-order chi connectivity index (χ1) is 11.2. The van der Waals surface area contributed by atoms with Crippen molar-refractivity contribution in [2.24, 2.45) is 0 Å². The maximum Gasteiger partial charge on any atom is 0.246 e. The highest BCUT2D eigenvalue weighted by Crippen LogP contribution is 2.23. The van der Waals surface area contributed by atoms with Gasteiger partial charge in [0.1, 0.15) is 6.04 Å². The number of amides is 2. The number of benzene rings is 2. The Morgan fingerprint density at radius 2 is 1.70 bits per heavy atom. The van der Waals surface area contributed by atoms with Gasteiger partial charge in [0, 0.05) is 18.8 Å². The van der Waals surface area contributed by atoms with Gasteiger partial charge in [-0.05, 0) is 17.7 Å². The van der Waals surface area contributed by atoms with E-state index in [4.69, 9.17) is 0 Å². The molecule has 2 amide bonds. The van der Waals surface area contributed by atoms with Crippen LogP contribution in [0.1, 0.15) is 11.6 Å². The van der Waals surface area contributed by atoms with E-state index in [0.29, 0.717) is 13.1 Å². The minimum Gasteiger partial charge on any atom is -0.354 e. The molecule has 2 aromatic rings. The number of hydrogen-bond donors (Lipinski definition) is 2. The van der Waals surface area contributed by atoms with Gasteiger partial charge in [-0.15, -0.1) is 0 Å². The molecule has 1 aliphatic heterocycles. The van der Waals surface area contributed by atoms with Crippen LogP contribution in [0.3, 0.4) is 0 Å². The number of para-hydroxylation sites is 1. The zero-order valence-corrected chi connectivity index (χ0v) is 12.7. The maximum absolute atomic E-state index is 12.8. The van der Waals surface area contributed by atoms with Gasteiger partial charge in [0.2, 0.25) is 11.8 Å². The summed E-state index contributed by atoms with van der Waals surface area (Å²) >= 11 is 0. The molecule has 0 saturated carbocycles. The van der Waals surface area contributed by atoms with Crippen molar-refractivity contribution in [3.05, 3.63) is 66.2 Å². The molecular weight excluding hydrogens is 290 g/mol. The Balaban J connectivity index is 1.85. The van der Waals surface area contributed by atoms with Crippen molar-refractivity contribution in [1.82, 2.24) is 10.2 Å². The van der Waals surface area contributed by atoms with Crippen molar-refractivity contribution in [3.63, 3.8) is 0 Å². The average molecular weight is 309 g/mol. The monoisotopic (exact) mass is 309 g/mol. The summed E-state index contributed by atoms with van der Waals surface area (Å²) in [5, 5.41) is 5.73. The predicted molar refractivity (Wildman–Crippen MR) is 88.8 cm³/mol. The van der Waals surface area contributed by atoms with E-state index in [9.17, 15) is 9.59 Å². The van der Waals surface area contributed by atoms with E-state index in [-0.39, 0.29) is 18.4 Å². The van der Waals surface area contributed by atoms with Gasteiger partial charge in [-0.2, -0.15) is 0 Å². The first-order valence-electron chi connectivity index (χ1n) is 7.65. The fourth-order valence-corrected chi connectivity index (χ4v) is 2.77. The Bertz CT molecular complexity index is 673. The number of hydrogen-bond acceptors (Lipinski definition) is 3. The number of rotatable bonds is 4. The van der Waals surface area contributed by atoms with Gasteiger partial charge in [0.25, 0.3) is 0 Å². The minimum absolute atomic E-state index is 0.0512. The van der Waals surface area contributed by atoms with E-state index >= 15 is 0 Å². The maximum atomic E-state index is 12.8. The Morgan fingerprint density at radius 1 is 1.04 bits per heavy atom. The van der Waals surface area contributed by atoms with Gasteiger partial charge in [0.15, 0.2) is 0 Å². The lowest BCUT2D eigenvalue weighted by atomic mass is 10.0. The van der Waals surface area contributed by atoms with Crippen LogP contribution in [-0.2, 0) is 9.59 Å². The van der Waals surface area contributed by atoms with Crippen LogP contribution in [0.15, 0.2) is 60.7 Å². The Hall–Kier alpha value is -2.66. The highest BCUT2D eigenvalue weighted by atomic mass is 16.2. The molecule has 1 unspecified atom stereocenters. The van der Waals surface area contributed by atoms with E-state index in [0.717, 1.165) is 11.3 Å². The Labute approximate surface area is 135 Å². The second-order valence-corrected chi connectivity index (χ2v) is 5.49. The summed E-state index contributed by atoms with van der Waals surface area (Å²) in [6.07, 6.45) is 0. The molecule has 0 spiro atoms. The van der Waals surface area contributed by atoms with Gasteiger partial charge in [-0.25, -0.2) is 0 Å². The predicted octanol–water partition coefficient (Wildman–Crippen LogP) is 1.80. The third-order valence-electron chi connectivity index (χ3n) is 3.84. The lowest BCUT2D eigenvalue weighted by Crippen LogP contribution is -2.51. The summed E-state index contributed by atoms with van der Waals surface area (Å²) in [7, 11) is 0. The van der Waals surface area contributed by atoms with Crippen molar-refractivity contribution in [2.45, 2.75) is 6.04 Å². The molecule has 1 heterocycles. The van der Waals surface area contributed by atoms with Crippen LogP contribution in [0.4, 0.5) is 5.69 Å². The molecule has 1 atom stereocenters. The van der Waals surface area contributed by atoms with Crippen molar-refractivity contribution in [3.8, 4) is 0 Å². The van der Waals surface area contributed by atoms with Gasteiger partial charge < -0.3 is 10.6 Å². The fourth-order valence-electron chi connectivity index (χ4n) is 2.77. The van der Waals surface area contributed by atoms with Crippen LogP contribution in [-0.4, -0.2) is 36.3 Å². The number of carbonyl (C=O) groups excluding carboxylic acids is 2. The number of piperazine rings is 1. The summed E-state index contributed by atoms with van der Waals surface area (Å²) in [6, 6.07) is 18.4. The third kappa shape index (κ3) is 3.76. The quantitative estimate of drug-likeness (QED) is 0.905. The molecule has 23 heavy (non-hydrogen) atoms. The first kappa shape index (κ1) is 15.2. The van der Waals surface area contributed by atoms with Crippen LogP contribution in [0.5, 0.6) is 0 Å². The summed E-state index contributed by atoms with van der Waals surface area (Å²) < 4.78 is 0. The summed E-state index contributed by atoms with van der Waals surface area (Å²) in [6.45, 7) is 1.43. The normalized spacial score (nSPS) is 16.4. The second-order valence-electron chi connectivity index (χ2n) is 5.49. The number of anilines is 1. The van der Waals surface area contributed by atoms with Crippen LogP contribution in [0.2, 0.25) is 0 Å². The molecule has 118 valence electrons. The molecule has 0 bridgehead atoms. The standard InChI is InChI=1S/C18H19N3O2/c22-16-13-21(12-11-19-16)17(14-7-3-1-4-8-14)18(23)20-15-9-5-2-6-10-15/h1-10,17H,11-13H2,(H,19,22)(H,20,23). The molecule has 2 aromatic carbocycles. The lowest BCUT2D eigenvalue weighted by Gasteiger charge is -2.33. The lowest BCUT2D eigenvalue weighted by molar-refractivity contribution is -0.128. The number of carbonyl (C=O) groups is 2.